The summed E-state index contributed by atoms with van der Waals surface area (Å²) in [7, 11) is 0. The van der Waals surface area contributed by atoms with Gasteiger partial charge in [-0.25, -0.2) is 0 Å². The quantitative estimate of drug-likeness (QED) is 0.701. The molecule has 5 heteroatoms. The molecule has 4 aliphatic rings. The summed E-state index contributed by atoms with van der Waals surface area (Å²) in [6.45, 7) is 3.97. The Hall–Kier alpha value is -0.840. The van der Waals surface area contributed by atoms with Crippen molar-refractivity contribution in [3.8, 4) is 0 Å². The van der Waals surface area contributed by atoms with Crippen molar-refractivity contribution in [3.63, 3.8) is 0 Å². The Morgan fingerprint density at radius 1 is 1.23 bits per heavy atom. The number of carbonyl (C=O) groups is 1. The van der Waals surface area contributed by atoms with Gasteiger partial charge in [-0.2, -0.15) is 13.2 Å². The highest BCUT2D eigenvalue weighted by atomic mass is 19.4. The van der Waals surface area contributed by atoms with Gasteiger partial charge in [-0.05, 0) is 80.6 Å². The molecule has 7 atom stereocenters. The highest BCUT2D eigenvalue weighted by Gasteiger charge is 2.73. The van der Waals surface area contributed by atoms with Gasteiger partial charge < -0.3 is 5.11 Å². The van der Waals surface area contributed by atoms with Gasteiger partial charge in [-0.3, -0.25) is 4.79 Å². The number of ketones is 1. The Morgan fingerprint density at radius 2 is 1.96 bits per heavy atom. The molecule has 3 fully saturated rings. The first-order valence-corrected chi connectivity index (χ1v) is 10.2. The number of hydrogen-bond acceptors (Lipinski definition) is 2. The summed E-state index contributed by atoms with van der Waals surface area (Å²) in [5.74, 6) is 1.39. The van der Waals surface area contributed by atoms with E-state index >= 15 is 0 Å². The van der Waals surface area contributed by atoms with Crippen LogP contribution in [0.2, 0.25) is 0 Å². The largest absolute Gasteiger partial charge is 0.417 e. The molecular formula is C21H29F3O2. The van der Waals surface area contributed by atoms with Crippen molar-refractivity contribution in [1.82, 2.24) is 0 Å². The van der Waals surface area contributed by atoms with Crippen LogP contribution in [0.15, 0.2) is 11.6 Å². The number of fused-ring (bicyclic) bond motifs is 5. The van der Waals surface area contributed by atoms with Gasteiger partial charge >= 0.3 is 6.18 Å². The lowest BCUT2D eigenvalue weighted by Crippen LogP contribution is -2.61. The lowest BCUT2D eigenvalue weighted by Gasteiger charge is -2.58. The Balaban J connectivity index is 1.73. The second kappa shape index (κ2) is 5.83. The van der Waals surface area contributed by atoms with Gasteiger partial charge in [-0.1, -0.05) is 19.4 Å². The van der Waals surface area contributed by atoms with Gasteiger partial charge in [0.15, 0.2) is 11.4 Å². The number of allylic oxidation sites excluding steroid dienone is 1. The molecule has 0 heterocycles. The van der Waals surface area contributed by atoms with Crippen molar-refractivity contribution >= 4 is 5.78 Å². The van der Waals surface area contributed by atoms with Gasteiger partial charge in [0, 0.05) is 11.8 Å². The highest BCUT2D eigenvalue weighted by molar-refractivity contribution is 5.91. The molecule has 0 aromatic carbocycles. The van der Waals surface area contributed by atoms with Crippen molar-refractivity contribution in [3.05, 3.63) is 11.6 Å². The molecule has 0 amide bonds. The Kier molecular flexibility index (Phi) is 4.15. The van der Waals surface area contributed by atoms with E-state index in [1.165, 1.54) is 5.57 Å². The number of halogens is 3. The summed E-state index contributed by atoms with van der Waals surface area (Å²) >= 11 is 0. The summed E-state index contributed by atoms with van der Waals surface area (Å²) < 4.78 is 41.7. The fourth-order valence-electron chi connectivity index (χ4n) is 7.58. The van der Waals surface area contributed by atoms with Crippen molar-refractivity contribution in [1.29, 1.82) is 0 Å². The lowest BCUT2D eigenvalue weighted by molar-refractivity contribution is -0.307. The first kappa shape index (κ1) is 18.5. The van der Waals surface area contributed by atoms with E-state index in [2.05, 4.69) is 6.92 Å². The third-order valence-electron chi connectivity index (χ3n) is 8.59. The zero-order valence-corrected chi connectivity index (χ0v) is 15.6. The SMILES string of the molecule is CCC12CCC3C4CCC(=O)C=C4CC(C)C3C1CC[C@]2(O)C(F)(F)F. The fraction of sp³-hybridized carbons (Fsp3) is 0.857. The topological polar surface area (TPSA) is 37.3 Å². The van der Waals surface area contributed by atoms with Crippen molar-refractivity contribution in [2.45, 2.75) is 77.0 Å². The maximum absolute atomic E-state index is 13.9. The fourth-order valence-corrected chi connectivity index (χ4v) is 7.58. The lowest BCUT2D eigenvalue weighted by atomic mass is 9.47. The first-order chi connectivity index (χ1) is 12.1. The van der Waals surface area contributed by atoms with E-state index in [1.54, 1.807) is 0 Å². The van der Waals surface area contributed by atoms with Gasteiger partial charge in [0.05, 0.1) is 0 Å². The summed E-state index contributed by atoms with van der Waals surface area (Å²) in [5.41, 5.74) is -2.34. The molecule has 26 heavy (non-hydrogen) atoms. The monoisotopic (exact) mass is 370 g/mol. The predicted molar refractivity (Wildman–Crippen MR) is 92.3 cm³/mol. The zero-order valence-electron chi connectivity index (χ0n) is 15.6. The van der Waals surface area contributed by atoms with E-state index in [0.717, 1.165) is 19.3 Å². The van der Waals surface area contributed by atoms with Gasteiger partial charge in [0.2, 0.25) is 0 Å². The average Bonchev–Trinajstić information content (AvgIpc) is 2.89. The molecule has 1 N–H and O–H groups in total. The molecule has 0 radical (unpaired) electrons. The van der Waals surface area contributed by atoms with Crippen LogP contribution in [-0.2, 0) is 4.79 Å². The van der Waals surface area contributed by atoms with Crippen molar-refractivity contribution in [2.24, 2.45) is 35.0 Å². The highest BCUT2D eigenvalue weighted by Crippen LogP contribution is 2.69. The number of carbonyl (C=O) groups excluding carboxylic acids is 1. The normalized spacial score (nSPS) is 48.5. The molecule has 0 aliphatic heterocycles. The van der Waals surface area contributed by atoms with E-state index in [-0.39, 0.29) is 30.0 Å². The summed E-state index contributed by atoms with van der Waals surface area (Å²) in [6.07, 6.45) is 1.41. The second-order valence-corrected chi connectivity index (χ2v) is 9.30. The summed E-state index contributed by atoms with van der Waals surface area (Å²) in [4.78, 5) is 11.8. The molecule has 6 unspecified atom stereocenters. The molecule has 146 valence electrons. The van der Waals surface area contributed by atoms with E-state index < -0.39 is 17.2 Å². The molecule has 0 bridgehead atoms. The number of alkyl halides is 3. The number of rotatable bonds is 1. The van der Waals surface area contributed by atoms with Crippen molar-refractivity contribution < 1.29 is 23.1 Å². The first-order valence-electron chi connectivity index (χ1n) is 10.2. The number of aliphatic hydroxyl groups is 1. The van der Waals surface area contributed by atoms with E-state index in [1.807, 2.05) is 13.0 Å². The summed E-state index contributed by atoms with van der Waals surface area (Å²) in [5, 5.41) is 10.8. The van der Waals surface area contributed by atoms with Crippen LogP contribution in [0, 0.1) is 35.0 Å². The molecule has 3 saturated carbocycles. The molecule has 4 aliphatic carbocycles. The Morgan fingerprint density at radius 3 is 2.62 bits per heavy atom. The van der Waals surface area contributed by atoms with E-state index in [4.69, 9.17) is 0 Å². The molecule has 0 aromatic rings. The van der Waals surface area contributed by atoms with Crippen LogP contribution in [0.3, 0.4) is 0 Å². The maximum Gasteiger partial charge on any atom is 0.417 e. The smallest absolute Gasteiger partial charge is 0.380 e. The molecular weight excluding hydrogens is 341 g/mol. The van der Waals surface area contributed by atoms with Crippen LogP contribution in [0.25, 0.3) is 0 Å². The molecule has 0 saturated heterocycles. The Labute approximate surface area is 153 Å². The Bertz CT molecular complexity index is 640. The maximum atomic E-state index is 13.9. The average molecular weight is 370 g/mol. The minimum Gasteiger partial charge on any atom is -0.380 e. The van der Waals surface area contributed by atoms with Gasteiger partial charge in [0.1, 0.15) is 0 Å². The second-order valence-electron chi connectivity index (χ2n) is 9.30. The minimum atomic E-state index is -4.56. The standard InChI is InChI=1S/C21H29F3O2/c1-3-19-8-6-16-15-5-4-14(25)11-13(15)10-12(2)18(16)17(19)7-9-20(19,26)21(22,23)24/h11-12,15-18,26H,3-10H2,1-2H3/t12?,15?,16?,17?,18?,19?,20-/m1/s1. The van der Waals surface area contributed by atoms with Crippen LogP contribution >= 0.6 is 0 Å². The van der Waals surface area contributed by atoms with Crippen LogP contribution in [0.5, 0.6) is 0 Å². The van der Waals surface area contributed by atoms with Crippen LogP contribution < -0.4 is 0 Å². The molecule has 0 spiro atoms. The summed E-state index contributed by atoms with van der Waals surface area (Å²) in [6, 6.07) is 0. The third-order valence-corrected chi connectivity index (χ3v) is 8.59. The molecule has 0 aromatic heterocycles. The van der Waals surface area contributed by atoms with Crippen LogP contribution in [0.4, 0.5) is 13.2 Å². The van der Waals surface area contributed by atoms with Gasteiger partial charge in [-0.15, -0.1) is 0 Å². The van der Waals surface area contributed by atoms with Gasteiger partial charge in [0.25, 0.3) is 0 Å². The minimum absolute atomic E-state index is 0.0629. The predicted octanol–water partition coefficient (Wildman–Crippen LogP) is 5.06. The van der Waals surface area contributed by atoms with Crippen LogP contribution in [0.1, 0.15) is 65.2 Å². The number of hydrogen-bond donors (Lipinski definition) is 1. The molecule has 4 rings (SSSR count). The molecule has 2 nitrogen and oxygen atoms in total. The third kappa shape index (κ3) is 2.25. The zero-order chi connectivity index (χ0) is 18.9. The van der Waals surface area contributed by atoms with E-state index in [0.29, 0.717) is 37.5 Å². The van der Waals surface area contributed by atoms with Crippen LogP contribution in [-0.4, -0.2) is 22.7 Å². The van der Waals surface area contributed by atoms with E-state index in [9.17, 15) is 23.1 Å². The van der Waals surface area contributed by atoms with Crippen molar-refractivity contribution in [2.75, 3.05) is 0 Å².